The second kappa shape index (κ2) is 6.84. The van der Waals surface area contributed by atoms with Crippen molar-refractivity contribution in [1.29, 1.82) is 0 Å². The fourth-order valence-electron chi connectivity index (χ4n) is 3.08. The number of para-hydroxylation sites is 1. The van der Waals surface area contributed by atoms with Crippen LogP contribution >= 0.6 is 0 Å². The normalized spacial score (nSPS) is 11.3. The summed E-state index contributed by atoms with van der Waals surface area (Å²) in [5.41, 5.74) is 10.8. The number of H-pyrrole nitrogens is 1. The van der Waals surface area contributed by atoms with Gasteiger partial charge in [0.1, 0.15) is 12.9 Å². The lowest BCUT2D eigenvalue weighted by Crippen LogP contribution is -3.00. The Labute approximate surface area is 162 Å². The van der Waals surface area contributed by atoms with Crippen LogP contribution in [0.5, 0.6) is 0 Å². The van der Waals surface area contributed by atoms with Crippen molar-refractivity contribution in [3.8, 4) is 0 Å². The molecule has 2 aromatic carbocycles. The van der Waals surface area contributed by atoms with Crippen LogP contribution < -0.4 is 34.3 Å². The molecule has 0 bridgehead atoms. The van der Waals surface area contributed by atoms with E-state index in [-0.39, 0.29) is 29.8 Å². The topological polar surface area (TPSA) is 45.7 Å². The van der Waals surface area contributed by atoms with Gasteiger partial charge in [-0.05, 0) is 35.9 Å². The highest BCUT2D eigenvalue weighted by Crippen LogP contribution is 2.23. The third-order valence-corrected chi connectivity index (χ3v) is 4.38. The second-order valence-corrected chi connectivity index (χ2v) is 5.87. The first kappa shape index (κ1) is 17.4. The number of aromatic nitrogens is 2. The van der Waals surface area contributed by atoms with Gasteiger partial charge >= 0.3 is 0 Å². The SMILES string of the molecule is C[n+]1c(/C=C/c2c[nH]c3cc(F)ccc23)cc(N)c2ccccc21.[I-]. The van der Waals surface area contributed by atoms with E-state index in [1.165, 1.54) is 12.1 Å². The summed E-state index contributed by atoms with van der Waals surface area (Å²) < 4.78 is 15.4. The van der Waals surface area contributed by atoms with Gasteiger partial charge in [0.2, 0.25) is 11.2 Å². The van der Waals surface area contributed by atoms with E-state index in [4.69, 9.17) is 5.73 Å². The van der Waals surface area contributed by atoms with Crippen LogP contribution in [0.1, 0.15) is 11.3 Å². The van der Waals surface area contributed by atoms with Crippen molar-refractivity contribution in [1.82, 2.24) is 4.98 Å². The Kier molecular flexibility index (Phi) is 4.76. The lowest BCUT2D eigenvalue weighted by molar-refractivity contribution is -0.646. The number of hydrogen-bond donors (Lipinski definition) is 2. The summed E-state index contributed by atoms with van der Waals surface area (Å²) in [7, 11) is 2.02. The number of aromatic amines is 1. The largest absolute Gasteiger partial charge is 1.00 e. The number of halogens is 2. The fraction of sp³-hybridized carbons (Fsp3) is 0.0500. The molecule has 3 N–H and O–H groups in total. The van der Waals surface area contributed by atoms with Crippen molar-refractivity contribution < 1.29 is 32.9 Å². The van der Waals surface area contributed by atoms with E-state index in [1.54, 1.807) is 6.07 Å². The summed E-state index contributed by atoms with van der Waals surface area (Å²) in [6, 6.07) is 14.8. The summed E-state index contributed by atoms with van der Waals surface area (Å²) in [6.07, 6.45) is 5.92. The monoisotopic (exact) mass is 445 g/mol. The second-order valence-electron chi connectivity index (χ2n) is 5.87. The molecule has 0 unspecified atom stereocenters. The lowest BCUT2D eigenvalue weighted by Gasteiger charge is -2.03. The third kappa shape index (κ3) is 3.11. The number of benzene rings is 2. The molecule has 0 spiro atoms. The van der Waals surface area contributed by atoms with Gasteiger partial charge in [0, 0.05) is 35.3 Å². The van der Waals surface area contributed by atoms with E-state index in [9.17, 15) is 4.39 Å². The molecule has 126 valence electrons. The molecule has 0 aliphatic heterocycles. The first-order valence-electron chi connectivity index (χ1n) is 7.75. The smallest absolute Gasteiger partial charge is 0.214 e. The Bertz CT molecular complexity index is 1100. The third-order valence-electron chi connectivity index (χ3n) is 4.38. The number of nitrogens with one attached hydrogen (secondary N) is 1. The maximum atomic E-state index is 13.3. The van der Waals surface area contributed by atoms with Crippen LogP contribution in [0.4, 0.5) is 10.1 Å². The number of hydrogen-bond acceptors (Lipinski definition) is 1. The van der Waals surface area contributed by atoms with Gasteiger partial charge in [-0.1, -0.05) is 12.1 Å². The van der Waals surface area contributed by atoms with E-state index < -0.39 is 0 Å². The minimum absolute atomic E-state index is 0. The number of aryl methyl sites for hydroxylation is 1. The van der Waals surface area contributed by atoms with Crippen LogP contribution in [-0.2, 0) is 7.05 Å². The first-order valence-corrected chi connectivity index (χ1v) is 7.75. The maximum absolute atomic E-state index is 13.3. The molecule has 25 heavy (non-hydrogen) atoms. The molecule has 0 radical (unpaired) electrons. The van der Waals surface area contributed by atoms with Crippen LogP contribution in [0.15, 0.2) is 54.7 Å². The average Bonchev–Trinajstić information content (AvgIpc) is 2.99. The molecule has 0 aliphatic rings. The zero-order valence-electron chi connectivity index (χ0n) is 13.6. The minimum atomic E-state index is -0.242. The van der Waals surface area contributed by atoms with Crippen LogP contribution in [0, 0.1) is 5.82 Å². The summed E-state index contributed by atoms with van der Waals surface area (Å²) >= 11 is 0. The predicted molar refractivity (Wildman–Crippen MR) is 96.7 cm³/mol. The van der Waals surface area contributed by atoms with Crippen LogP contribution in [0.25, 0.3) is 34.0 Å². The minimum Gasteiger partial charge on any atom is -1.00 e. The van der Waals surface area contributed by atoms with Gasteiger partial charge in [0.15, 0.2) is 0 Å². The Morgan fingerprint density at radius 1 is 1.04 bits per heavy atom. The Morgan fingerprint density at radius 3 is 2.68 bits per heavy atom. The standard InChI is InChI=1S/C20H16FN3.HI/c1-24-15(11-18(22)17-4-2-3-5-20(17)24)8-6-13-12-23-19-10-14(21)7-9-16(13)19;/h2-12H,1H3,(H2,22,23);1H. The highest BCUT2D eigenvalue weighted by Gasteiger charge is 2.12. The van der Waals surface area contributed by atoms with Gasteiger partial charge in [-0.25, -0.2) is 4.39 Å². The average molecular weight is 445 g/mol. The number of rotatable bonds is 2. The molecule has 0 fully saturated rings. The fourth-order valence-corrected chi connectivity index (χ4v) is 3.08. The van der Waals surface area contributed by atoms with Crippen molar-refractivity contribution in [2.75, 3.05) is 5.73 Å². The van der Waals surface area contributed by atoms with Crippen LogP contribution in [-0.4, -0.2) is 4.98 Å². The summed E-state index contributed by atoms with van der Waals surface area (Å²) in [6.45, 7) is 0. The summed E-state index contributed by atoms with van der Waals surface area (Å²) in [4.78, 5) is 3.10. The van der Waals surface area contributed by atoms with Gasteiger partial charge in [-0.15, -0.1) is 0 Å². The van der Waals surface area contributed by atoms with Crippen molar-refractivity contribution in [3.05, 3.63) is 71.8 Å². The van der Waals surface area contributed by atoms with Crippen molar-refractivity contribution in [2.45, 2.75) is 0 Å². The number of anilines is 1. The van der Waals surface area contributed by atoms with Crippen LogP contribution in [0.2, 0.25) is 0 Å². The quantitative estimate of drug-likeness (QED) is 0.352. The molecule has 0 saturated heterocycles. The molecule has 0 aliphatic carbocycles. The van der Waals surface area contributed by atoms with Gasteiger partial charge in [0.25, 0.3) is 0 Å². The molecule has 2 aromatic heterocycles. The highest BCUT2D eigenvalue weighted by molar-refractivity contribution is 5.92. The van der Waals surface area contributed by atoms with E-state index >= 15 is 0 Å². The van der Waals surface area contributed by atoms with Crippen molar-refractivity contribution in [2.24, 2.45) is 7.05 Å². The van der Waals surface area contributed by atoms with E-state index in [1.807, 2.05) is 49.7 Å². The molecular formula is C20H17FIN3. The van der Waals surface area contributed by atoms with Gasteiger partial charge in [-0.2, -0.15) is 4.57 Å². The molecule has 4 aromatic rings. The maximum Gasteiger partial charge on any atom is 0.214 e. The van der Waals surface area contributed by atoms with Crippen molar-refractivity contribution >= 4 is 39.6 Å². The Balaban J connectivity index is 0.00000182. The molecule has 0 amide bonds. The van der Waals surface area contributed by atoms with E-state index in [0.29, 0.717) is 0 Å². The van der Waals surface area contributed by atoms with E-state index in [0.717, 1.165) is 38.8 Å². The van der Waals surface area contributed by atoms with Gasteiger partial charge < -0.3 is 34.7 Å². The number of fused-ring (bicyclic) bond motifs is 2. The van der Waals surface area contributed by atoms with Gasteiger partial charge in [0.05, 0.1) is 11.1 Å². The predicted octanol–water partition coefficient (Wildman–Crippen LogP) is 1.04. The molecule has 5 heteroatoms. The first-order chi connectivity index (χ1) is 11.6. The van der Waals surface area contributed by atoms with Crippen molar-refractivity contribution in [3.63, 3.8) is 0 Å². The molecular weight excluding hydrogens is 428 g/mol. The Hall–Kier alpha value is -2.41. The summed E-state index contributed by atoms with van der Waals surface area (Å²) in [5.74, 6) is -0.242. The number of pyridine rings is 1. The number of nitrogens with zero attached hydrogens (tertiary/aromatic N) is 1. The highest BCUT2D eigenvalue weighted by atomic mass is 127. The van der Waals surface area contributed by atoms with E-state index in [2.05, 4.69) is 15.6 Å². The zero-order chi connectivity index (χ0) is 16.7. The number of nitrogen functional groups attached to an aromatic ring is 1. The molecule has 2 heterocycles. The van der Waals surface area contributed by atoms with Crippen LogP contribution in [0.3, 0.4) is 0 Å². The lowest BCUT2D eigenvalue weighted by atomic mass is 10.1. The Morgan fingerprint density at radius 2 is 1.84 bits per heavy atom. The van der Waals surface area contributed by atoms with Gasteiger partial charge in [-0.3, -0.25) is 0 Å². The molecule has 0 atom stereocenters. The zero-order valence-corrected chi connectivity index (χ0v) is 15.8. The molecule has 4 rings (SSSR count). The molecule has 0 saturated carbocycles. The summed E-state index contributed by atoms with van der Waals surface area (Å²) in [5, 5.41) is 2.03. The molecule has 3 nitrogen and oxygen atoms in total. The number of nitrogens with two attached hydrogens (primary N) is 1.